The number of hydrogen-bond donors (Lipinski definition) is 1. The van der Waals surface area contributed by atoms with E-state index >= 15 is 0 Å². The predicted molar refractivity (Wildman–Crippen MR) is 105 cm³/mol. The molecule has 0 aromatic heterocycles. The van der Waals surface area contributed by atoms with Crippen molar-refractivity contribution in [1.82, 2.24) is 5.32 Å². The predicted octanol–water partition coefficient (Wildman–Crippen LogP) is 4.22. The molecule has 26 heavy (non-hydrogen) atoms. The van der Waals surface area contributed by atoms with Gasteiger partial charge < -0.3 is 14.8 Å². The molecule has 1 unspecified atom stereocenters. The van der Waals surface area contributed by atoms with E-state index in [1.807, 2.05) is 50.2 Å². The summed E-state index contributed by atoms with van der Waals surface area (Å²) >= 11 is 0. The molecule has 0 heterocycles. The van der Waals surface area contributed by atoms with Crippen molar-refractivity contribution in [3.8, 4) is 11.5 Å². The topological polar surface area (TPSA) is 47.6 Å². The van der Waals surface area contributed by atoms with Crippen LogP contribution in [0.15, 0.2) is 42.5 Å². The van der Waals surface area contributed by atoms with Crippen molar-refractivity contribution < 1.29 is 14.3 Å². The molecule has 0 aliphatic rings. The maximum Gasteiger partial charge on any atom is 0.261 e. The molecular formula is C22H29NO3. The Morgan fingerprint density at radius 3 is 2.46 bits per heavy atom. The Kier molecular flexibility index (Phi) is 7.52. The zero-order valence-corrected chi connectivity index (χ0v) is 16.2. The first-order valence-electron chi connectivity index (χ1n) is 9.27. The second-order valence-electron chi connectivity index (χ2n) is 6.35. The highest BCUT2D eigenvalue weighted by molar-refractivity contribution is 5.81. The van der Waals surface area contributed by atoms with E-state index in [0.717, 1.165) is 23.5 Å². The zero-order chi connectivity index (χ0) is 18.9. The van der Waals surface area contributed by atoms with Gasteiger partial charge in [0.1, 0.15) is 18.1 Å². The van der Waals surface area contributed by atoms with Crippen molar-refractivity contribution in [2.75, 3.05) is 13.2 Å². The first-order valence-corrected chi connectivity index (χ1v) is 9.27. The van der Waals surface area contributed by atoms with Crippen molar-refractivity contribution in [3.05, 3.63) is 59.2 Å². The number of hydrogen-bond acceptors (Lipinski definition) is 3. The van der Waals surface area contributed by atoms with Crippen LogP contribution in [0.4, 0.5) is 0 Å². The van der Waals surface area contributed by atoms with Gasteiger partial charge in [-0.15, -0.1) is 0 Å². The first kappa shape index (κ1) is 19.8. The van der Waals surface area contributed by atoms with E-state index in [1.54, 1.807) is 0 Å². The van der Waals surface area contributed by atoms with E-state index in [4.69, 9.17) is 9.47 Å². The van der Waals surface area contributed by atoms with Crippen LogP contribution in [-0.4, -0.2) is 25.2 Å². The van der Waals surface area contributed by atoms with Gasteiger partial charge in [0, 0.05) is 0 Å². The second kappa shape index (κ2) is 9.85. The summed E-state index contributed by atoms with van der Waals surface area (Å²) < 4.78 is 11.6. The lowest BCUT2D eigenvalue weighted by molar-refractivity contribution is -0.128. The van der Waals surface area contributed by atoms with Crippen LogP contribution in [0, 0.1) is 13.8 Å². The van der Waals surface area contributed by atoms with Gasteiger partial charge in [0.2, 0.25) is 0 Å². The molecule has 1 N–H and O–H groups in total. The average Bonchev–Trinajstić information content (AvgIpc) is 2.66. The van der Waals surface area contributed by atoms with Crippen molar-refractivity contribution >= 4 is 5.91 Å². The van der Waals surface area contributed by atoms with Gasteiger partial charge in [0.25, 0.3) is 5.91 Å². The van der Waals surface area contributed by atoms with E-state index in [9.17, 15) is 4.79 Å². The number of benzene rings is 2. The number of carbonyl (C=O) groups excluding carboxylic acids is 1. The van der Waals surface area contributed by atoms with E-state index in [-0.39, 0.29) is 5.91 Å². The van der Waals surface area contributed by atoms with Gasteiger partial charge in [-0.3, -0.25) is 4.79 Å². The molecule has 140 valence electrons. The summed E-state index contributed by atoms with van der Waals surface area (Å²) in [5.41, 5.74) is 3.57. The van der Waals surface area contributed by atoms with E-state index < -0.39 is 6.10 Å². The Morgan fingerprint density at radius 2 is 1.81 bits per heavy atom. The van der Waals surface area contributed by atoms with Crippen molar-refractivity contribution in [2.24, 2.45) is 0 Å². The monoisotopic (exact) mass is 355 g/mol. The largest absolute Gasteiger partial charge is 0.491 e. The van der Waals surface area contributed by atoms with Gasteiger partial charge in [-0.05, 0) is 61.6 Å². The fourth-order valence-electron chi connectivity index (χ4n) is 2.62. The Bertz CT molecular complexity index is 710. The van der Waals surface area contributed by atoms with Crippen LogP contribution in [0.2, 0.25) is 0 Å². The first-order chi connectivity index (χ1) is 12.5. The summed E-state index contributed by atoms with van der Waals surface area (Å²) in [6, 6.07) is 13.9. The third-order valence-corrected chi connectivity index (χ3v) is 4.49. The van der Waals surface area contributed by atoms with Crippen LogP contribution in [0.5, 0.6) is 11.5 Å². The SMILES string of the molecule is CCc1ccc(OC(CC)C(=O)NCCOc2cccc(C)c2C)cc1. The molecule has 1 atom stereocenters. The quantitative estimate of drug-likeness (QED) is 0.685. The van der Waals surface area contributed by atoms with Crippen molar-refractivity contribution in [1.29, 1.82) is 0 Å². The molecule has 4 heteroatoms. The maximum absolute atomic E-state index is 12.3. The summed E-state index contributed by atoms with van der Waals surface area (Å²) in [7, 11) is 0. The van der Waals surface area contributed by atoms with Gasteiger partial charge >= 0.3 is 0 Å². The fraction of sp³-hybridized carbons (Fsp3) is 0.409. The Balaban J connectivity index is 1.80. The molecule has 0 fully saturated rings. The number of ether oxygens (including phenoxy) is 2. The third kappa shape index (κ3) is 5.51. The molecule has 0 bridgehead atoms. The van der Waals surface area contributed by atoms with Crippen LogP contribution in [0.3, 0.4) is 0 Å². The van der Waals surface area contributed by atoms with Gasteiger partial charge in [-0.1, -0.05) is 38.1 Å². The standard InChI is InChI=1S/C22H29NO3/c1-5-18-10-12-19(13-11-18)26-20(6-2)22(24)23-14-15-25-21-9-7-8-16(3)17(21)4/h7-13,20H,5-6,14-15H2,1-4H3,(H,23,24). The minimum absolute atomic E-state index is 0.114. The normalized spacial score (nSPS) is 11.7. The molecule has 1 amide bonds. The van der Waals surface area contributed by atoms with Gasteiger partial charge in [-0.2, -0.15) is 0 Å². The molecule has 0 radical (unpaired) electrons. The highest BCUT2D eigenvalue weighted by atomic mass is 16.5. The lowest BCUT2D eigenvalue weighted by atomic mass is 10.1. The number of aryl methyl sites for hydroxylation is 2. The molecule has 0 spiro atoms. The summed E-state index contributed by atoms with van der Waals surface area (Å²) in [5.74, 6) is 1.46. The lowest BCUT2D eigenvalue weighted by Gasteiger charge is -2.18. The van der Waals surface area contributed by atoms with Gasteiger partial charge in [0.05, 0.1) is 6.54 Å². The minimum atomic E-state index is -0.497. The van der Waals surface area contributed by atoms with Gasteiger partial charge in [0.15, 0.2) is 6.10 Å². The second-order valence-corrected chi connectivity index (χ2v) is 6.35. The lowest BCUT2D eigenvalue weighted by Crippen LogP contribution is -2.39. The van der Waals surface area contributed by atoms with Crippen molar-refractivity contribution in [3.63, 3.8) is 0 Å². The molecular weight excluding hydrogens is 326 g/mol. The fourth-order valence-corrected chi connectivity index (χ4v) is 2.62. The minimum Gasteiger partial charge on any atom is -0.491 e. The number of rotatable bonds is 9. The molecule has 2 rings (SSSR count). The van der Waals surface area contributed by atoms with Crippen LogP contribution in [0.25, 0.3) is 0 Å². The molecule has 0 aliphatic heterocycles. The average molecular weight is 355 g/mol. The van der Waals surface area contributed by atoms with E-state index in [0.29, 0.717) is 19.6 Å². The summed E-state index contributed by atoms with van der Waals surface area (Å²) in [6.45, 7) is 9.02. The summed E-state index contributed by atoms with van der Waals surface area (Å²) in [4.78, 5) is 12.3. The zero-order valence-electron chi connectivity index (χ0n) is 16.2. The molecule has 2 aromatic carbocycles. The molecule has 4 nitrogen and oxygen atoms in total. The van der Waals surface area contributed by atoms with E-state index in [1.165, 1.54) is 11.1 Å². The highest BCUT2D eigenvalue weighted by Crippen LogP contribution is 2.20. The molecule has 0 saturated heterocycles. The maximum atomic E-state index is 12.3. The Hall–Kier alpha value is -2.49. The van der Waals surface area contributed by atoms with Gasteiger partial charge in [-0.25, -0.2) is 0 Å². The third-order valence-electron chi connectivity index (χ3n) is 4.49. The molecule has 2 aromatic rings. The van der Waals surface area contributed by atoms with Crippen LogP contribution in [-0.2, 0) is 11.2 Å². The van der Waals surface area contributed by atoms with Crippen LogP contribution >= 0.6 is 0 Å². The van der Waals surface area contributed by atoms with Crippen molar-refractivity contribution in [2.45, 2.75) is 46.6 Å². The van der Waals surface area contributed by atoms with Crippen LogP contribution < -0.4 is 14.8 Å². The Labute approximate surface area is 156 Å². The van der Waals surface area contributed by atoms with Crippen LogP contribution in [0.1, 0.15) is 37.0 Å². The number of amides is 1. The van der Waals surface area contributed by atoms with E-state index in [2.05, 4.69) is 25.2 Å². The number of nitrogens with one attached hydrogen (secondary N) is 1. The highest BCUT2D eigenvalue weighted by Gasteiger charge is 2.17. The molecule has 0 saturated carbocycles. The summed E-state index contributed by atoms with van der Waals surface area (Å²) in [6.07, 6.45) is 1.10. The molecule has 0 aliphatic carbocycles. The Morgan fingerprint density at radius 1 is 1.08 bits per heavy atom. The number of carbonyl (C=O) groups is 1. The smallest absolute Gasteiger partial charge is 0.261 e. The summed E-state index contributed by atoms with van der Waals surface area (Å²) in [5, 5.41) is 2.89.